The summed E-state index contributed by atoms with van der Waals surface area (Å²) in [6.07, 6.45) is -2.80. The minimum atomic E-state index is -6.12. The van der Waals surface area contributed by atoms with Crippen LogP contribution in [0.5, 0.6) is 5.75 Å². The molecular formula is C27H36ClFN6O13P3-. The monoisotopic (exact) mass is 799 g/mol. The van der Waals surface area contributed by atoms with E-state index in [1.54, 1.807) is 19.9 Å². The van der Waals surface area contributed by atoms with Crippen molar-refractivity contribution in [2.45, 2.75) is 82.7 Å². The lowest BCUT2D eigenvalue weighted by Gasteiger charge is -2.32. The molecule has 2 fully saturated rings. The summed E-state index contributed by atoms with van der Waals surface area (Å²) >= 11 is 5.85. The first-order valence-corrected chi connectivity index (χ1v) is 20.5. The van der Waals surface area contributed by atoms with Crippen molar-refractivity contribution < 1.29 is 64.9 Å². The van der Waals surface area contributed by atoms with Gasteiger partial charge >= 0.3 is 21.5 Å². The van der Waals surface area contributed by atoms with Gasteiger partial charge in [0.2, 0.25) is 5.28 Å². The van der Waals surface area contributed by atoms with Crippen LogP contribution in [0.15, 0.2) is 36.7 Å². The highest BCUT2D eigenvalue weighted by molar-refractivity contribution is 7.67. The summed E-state index contributed by atoms with van der Waals surface area (Å²) in [5, 5.41) is 12.5. The van der Waals surface area contributed by atoms with Crippen molar-refractivity contribution in [2.75, 3.05) is 12.3 Å². The molecule has 0 bridgehead atoms. The number of anilines is 1. The first-order valence-electron chi connectivity index (χ1n) is 15.6. The number of alkyl halides is 1. The molecule has 0 amide bonds. The van der Waals surface area contributed by atoms with E-state index < -0.39 is 78.6 Å². The topological polar surface area (TPSA) is 269 Å². The predicted octanol–water partition coefficient (Wildman–Crippen LogP) is 3.95. The van der Waals surface area contributed by atoms with Crippen LogP contribution < -0.4 is 20.2 Å². The molecule has 19 nitrogen and oxygen atoms in total. The third kappa shape index (κ3) is 10.1. The Labute approximate surface area is 295 Å². The number of aliphatic hydroxyl groups excluding tert-OH is 1. The summed E-state index contributed by atoms with van der Waals surface area (Å²) in [7, 11) is -17.0. The quantitative estimate of drug-likeness (QED) is 0.0962. The smallest absolute Gasteiger partial charge is 0.478 e. The van der Waals surface area contributed by atoms with Gasteiger partial charge in [-0.3, -0.25) is 18.5 Å². The molecule has 8 atom stereocenters. The van der Waals surface area contributed by atoms with Gasteiger partial charge < -0.3 is 34.6 Å². The van der Waals surface area contributed by atoms with Crippen molar-refractivity contribution in [3.05, 3.63) is 41.9 Å². The number of phosphoric acid groups is 2. The Morgan fingerprint density at radius 1 is 1.18 bits per heavy atom. The zero-order valence-electron chi connectivity index (χ0n) is 27.1. The summed E-state index contributed by atoms with van der Waals surface area (Å²) < 4.78 is 86.0. The minimum Gasteiger partial charge on any atom is -0.756 e. The van der Waals surface area contributed by atoms with Crippen molar-refractivity contribution in [2.24, 2.45) is 5.92 Å². The molecule has 2 aromatic heterocycles. The lowest BCUT2D eigenvalue weighted by molar-refractivity contribution is -0.210. The van der Waals surface area contributed by atoms with Crippen molar-refractivity contribution in [3.8, 4) is 5.75 Å². The van der Waals surface area contributed by atoms with Crippen LogP contribution in [-0.2, 0) is 41.1 Å². The number of imidazole rings is 1. The number of halogens is 2. The van der Waals surface area contributed by atoms with E-state index in [1.165, 1.54) is 24.3 Å². The van der Waals surface area contributed by atoms with Gasteiger partial charge in [0.05, 0.1) is 12.9 Å². The molecule has 4 unspecified atom stereocenters. The number of carbonyl (C=O) groups excluding carboxylic acids is 1. The maximum absolute atomic E-state index is 15.2. The fourth-order valence-electron chi connectivity index (χ4n) is 5.38. The van der Waals surface area contributed by atoms with Crippen LogP contribution in [0.25, 0.3) is 11.2 Å². The molecule has 1 saturated heterocycles. The summed E-state index contributed by atoms with van der Waals surface area (Å²) in [4.78, 5) is 48.1. The highest BCUT2D eigenvalue weighted by atomic mass is 35.5. The highest BCUT2D eigenvalue weighted by Gasteiger charge is 2.48. The number of carbonyl (C=O) groups is 1. The number of rotatable bonds is 15. The van der Waals surface area contributed by atoms with Gasteiger partial charge in [-0.25, -0.2) is 27.1 Å². The molecule has 5 rings (SSSR count). The Morgan fingerprint density at radius 3 is 2.53 bits per heavy atom. The van der Waals surface area contributed by atoms with Crippen molar-refractivity contribution in [3.63, 3.8) is 0 Å². The summed E-state index contributed by atoms with van der Waals surface area (Å²) in [5.41, 5.74) is 5.77. The molecule has 0 radical (unpaired) electrons. The largest absolute Gasteiger partial charge is 0.756 e. The van der Waals surface area contributed by atoms with E-state index >= 15 is 4.39 Å². The Bertz CT molecular complexity index is 1840. The number of hydrogen-bond acceptors (Lipinski definition) is 16. The molecule has 1 saturated carbocycles. The van der Waals surface area contributed by atoms with Gasteiger partial charge in [0.25, 0.3) is 7.82 Å². The van der Waals surface area contributed by atoms with Gasteiger partial charge in [0, 0.05) is 0 Å². The van der Waals surface area contributed by atoms with Gasteiger partial charge in [-0.05, 0) is 55.3 Å². The Hall–Kier alpha value is -2.57. The standard InChI is InChI=1S/C27H37ClFN6O13P3/c1-15(2)20(26(37)44-16-9-5-3-6-10-16)34-49(38,46-17-11-7-4-8-12-17)47-51(41,42)48-50(39,40)43-13-18-22(36)19(29)25(45-18)35-14-31-21-23(30)32-27(28)33-24(21)35/h4,7-8,11-12,14-16,18-20,22,25,36H,3,5-6,9-10,13H2,1-2H3,(H,34,38)(H,39,40)(H,41,42)(H2,30,32,33)/p-1/t18-,19?,20+,22+,25-,49?/m1/s1. The second-order valence-electron chi connectivity index (χ2n) is 12.0. The molecular weight excluding hydrogens is 764 g/mol. The van der Waals surface area contributed by atoms with Crippen LogP contribution in [-0.4, -0.2) is 72.6 Å². The van der Waals surface area contributed by atoms with E-state index in [1.807, 2.05) is 0 Å². The normalized spacial score (nSPS) is 25.6. The Morgan fingerprint density at radius 2 is 1.86 bits per heavy atom. The number of esters is 1. The number of benzene rings is 1. The average molecular weight is 800 g/mol. The third-order valence-corrected chi connectivity index (χ3v) is 12.8. The molecule has 1 aliphatic heterocycles. The molecule has 1 aliphatic carbocycles. The fraction of sp³-hybridized carbons (Fsp3) is 0.556. The zero-order valence-corrected chi connectivity index (χ0v) is 30.5. The number of fused-ring (bicyclic) bond motifs is 1. The molecule has 5 N–H and O–H groups in total. The van der Waals surface area contributed by atoms with Crippen LogP contribution in [0.4, 0.5) is 10.2 Å². The van der Waals surface area contributed by atoms with Crippen LogP contribution in [0.1, 0.15) is 52.2 Å². The van der Waals surface area contributed by atoms with E-state index in [0.717, 1.165) is 30.2 Å². The van der Waals surface area contributed by atoms with Gasteiger partial charge in [0.1, 0.15) is 35.6 Å². The van der Waals surface area contributed by atoms with Gasteiger partial charge in [-0.15, -0.1) is 0 Å². The first-order chi connectivity index (χ1) is 24.0. The molecule has 2 aliphatic rings. The highest BCUT2D eigenvalue weighted by Crippen LogP contribution is 2.65. The maximum atomic E-state index is 15.2. The molecule has 51 heavy (non-hydrogen) atoms. The summed E-state index contributed by atoms with van der Waals surface area (Å²) in [6.45, 7) is 2.04. The van der Waals surface area contributed by atoms with E-state index in [-0.39, 0.29) is 28.0 Å². The molecule has 1 aromatic carbocycles. The molecule has 24 heteroatoms. The minimum absolute atomic E-state index is 0.0488. The number of aliphatic hydroxyl groups is 1. The van der Waals surface area contributed by atoms with E-state index in [4.69, 9.17) is 40.2 Å². The Balaban J connectivity index is 1.27. The number of nitrogens with one attached hydrogen (secondary N) is 1. The van der Waals surface area contributed by atoms with Crippen LogP contribution in [0, 0.1) is 5.92 Å². The van der Waals surface area contributed by atoms with Crippen molar-refractivity contribution in [1.29, 1.82) is 0 Å². The predicted molar refractivity (Wildman–Crippen MR) is 175 cm³/mol. The van der Waals surface area contributed by atoms with Crippen LogP contribution in [0.2, 0.25) is 5.28 Å². The summed E-state index contributed by atoms with van der Waals surface area (Å²) in [5.74, 6) is -1.77. The molecule has 3 aromatic rings. The van der Waals surface area contributed by atoms with E-state index in [9.17, 15) is 33.4 Å². The molecule has 282 valence electrons. The number of nitrogens with zero attached hydrogens (tertiary/aromatic N) is 4. The van der Waals surface area contributed by atoms with E-state index in [2.05, 4.69) is 24.3 Å². The third-order valence-electron chi connectivity index (χ3n) is 7.82. The van der Waals surface area contributed by atoms with Crippen LogP contribution in [0.3, 0.4) is 0 Å². The number of para-hydroxylation sites is 1. The second-order valence-corrected chi connectivity index (χ2v) is 17.2. The first kappa shape index (κ1) is 39.6. The fourth-order valence-corrected chi connectivity index (χ4v) is 10.0. The average Bonchev–Trinajstić information content (AvgIpc) is 3.58. The number of ether oxygens (including phenoxy) is 2. The van der Waals surface area contributed by atoms with Crippen molar-refractivity contribution >= 4 is 57.9 Å². The number of phosphoric ester groups is 1. The number of hydrogen-bond donors (Lipinski definition) is 4. The maximum Gasteiger partial charge on any atom is 0.478 e. The lowest BCUT2D eigenvalue weighted by Crippen LogP contribution is -2.43. The Kier molecular flexibility index (Phi) is 12.6. The number of nitrogens with two attached hydrogens (primary N) is 1. The molecule has 3 heterocycles. The van der Waals surface area contributed by atoms with Crippen molar-refractivity contribution in [1.82, 2.24) is 24.6 Å². The van der Waals surface area contributed by atoms with Crippen LogP contribution >= 0.6 is 35.0 Å². The summed E-state index contributed by atoms with van der Waals surface area (Å²) in [6, 6.07) is 5.72. The number of aromatic nitrogens is 4. The van der Waals surface area contributed by atoms with Gasteiger partial charge in [-0.2, -0.15) is 15.1 Å². The lowest BCUT2D eigenvalue weighted by atomic mass is 9.97. The second kappa shape index (κ2) is 16.2. The van der Waals surface area contributed by atoms with Gasteiger partial charge in [-0.1, -0.05) is 38.5 Å². The number of nitrogen functional groups attached to an aromatic ring is 1. The van der Waals surface area contributed by atoms with Gasteiger partial charge in [0.15, 0.2) is 23.9 Å². The zero-order chi connectivity index (χ0) is 37.1. The van der Waals surface area contributed by atoms with E-state index in [0.29, 0.717) is 12.8 Å². The molecule has 0 spiro atoms. The SMILES string of the molecule is CC(C)[C@H](NP(=O)(Oc1ccccc1)OP(=O)([O-])OP(=O)(O)OC[C@H]1O[C@@H](n2cnc3c(N)nc(Cl)nc32)C(F)[C@H]1O)C(=O)OC1CCCCC1.